The summed E-state index contributed by atoms with van der Waals surface area (Å²) in [4.78, 5) is 25.4. The van der Waals surface area contributed by atoms with Crippen molar-refractivity contribution in [3.05, 3.63) is 35.0 Å². The molecule has 7 heteroatoms. The van der Waals surface area contributed by atoms with Gasteiger partial charge in [0.25, 0.3) is 0 Å². The third-order valence-corrected chi connectivity index (χ3v) is 5.80. The van der Waals surface area contributed by atoms with E-state index >= 15 is 0 Å². The van der Waals surface area contributed by atoms with E-state index in [-0.39, 0.29) is 18.1 Å². The van der Waals surface area contributed by atoms with Gasteiger partial charge in [0.15, 0.2) is 11.5 Å². The van der Waals surface area contributed by atoms with Gasteiger partial charge in [-0.2, -0.15) is 0 Å². The lowest BCUT2D eigenvalue weighted by Gasteiger charge is -2.30. The van der Waals surface area contributed by atoms with Crippen LogP contribution in [0.5, 0.6) is 11.5 Å². The van der Waals surface area contributed by atoms with Gasteiger partial charge < -0.3 is 24.8 Å². The molecule has 1 heterocycles. The maximum absolute atomic E-state index is 13.2. The lowest BCUT2D eigenvalue weighted by molar-refractivity contribution is -0.145. The van der Waals surface area contributed by atoms with E-state index in [2.05, 4.69) is 10.6 Å². The van der Waals surface area contributed by atoms with Gasteiger partial charge in [-0.05, 0) is 56.7 Å². The Morgan fingerprint density at radius 3 is 2.48 bits per heavy atom. The summed E-state index contributed by atoms with van der Waals surface area (Å²) < 4.78 is 17.1. The Morgan fingerprint density at radius 1 is 1.10 bits per heavy atom. The molecule has 0 radical (unpaired) electrons. The van der Waals surface area contributed by atoms with Crippen LogP contribution in [0.15, 0.2) is 29.5 Å². The molecule has 0 spiro atoms. The van der Waals surface area contributed by atoms with Crippen LogP contribution in [-0.4, -0.2) is 31.8 Å². The van der Waals surface area contributed by atoms with E-state index in [1.54, 1.807) is 20.1 Å². The van der Waals surface area contributed by atoms with Gasteiger partial charge in [0.2, 0.25) is 0 Å². The van der Waals surface area contributed by atoms with Crippen molar-refractivity contribution in [2.75, 3.05) is 13.7 Å². The Kier molecular flexibility index (Phi) is 8.20. The third kappa shape index (κ3) is 5.93. The highest BCUT2D eigenvalue weighted by Gasteiger charge is 2.34. The Labute approximate surface area is 184 Å². The highest BCUT2D eigenvalue weighted by Crippen LogP contribution is 2.35. The first kappa shape index (κ1) is 23.0. The summed E-state index contributed by atoms with van der Waals surface area (Å²) in [6.45, 7) is 4.35. The molecule has 0 bridgehead atoms. The highest BCUT2D eigenvalue weighted by atomic mass is 16.5. The van der Waals surface area contributed by atoms with E-state index in [0.29, 0.717) is 29.4 Å². The largest absolute Gasteiger partial charge is 0.493 e. The van der Waals surface area contributed by atoms with Gasteiger partial charge in [-0.3, -0.25) is 0 Å². The zero-order chi connectivity index (χ0) is 22.2. The summed E-state index contributed by atoms with van der Waals surface area (Å²) >= 11 is 0. The number of amides is 2. The predicted octanol–water partition coefficient (Wildman–Crippen LogP) is 4.77. The number of hydrogen-bond donors (Lipinski definition) is 2. The molecule has 31 heavy (non-hydrogen) atoms. The molecule has 1 aliphatic carbocycles. The van der Waals surface area contributed by atoms with Gasteiger partial charge in [-0.15, -0.1) is 0 Å². The van der Waals surface area contributed by atoms with Crippen LogP contribution in [0.1, 0.15) is 76.8 Å². The van der Waals surface area contributed by atoms with E-state index in [9.17, 15) is 9.59 Å². The van der Waals surface area contributed by atoms with E-state index in [0.717, 1.165) is 37.7 Å². The van der Waals surface area contributed by atoms with Gasteiger partial charge in [0.05, 0.1) is 25.3 Å². The SMILES string of the molecule is CCCOc1ccc([C@@H]2NC(=O)NC(C)=C2C(=O)OC2CCCCCCC2)cc1OC. The first-order valence-corrected chi connectivity index (χ1v) is 11.3. The lowest BCUT2D eigenvalue weighted by atomic mass is 9.94. The lowest BCUT2D eigenvalue weighted by Crippen LogP contribution is -2.45. The molecule has 1 aliphatic heterocycles. The first-order chi connectivity index (χ1) is 15.0. The van der Waals surface area contributed by atoms with Crippen LogP contribution in [0.2, 0.25) is 0 Å². The van der Waals surface area contributed by atoms with E-state index in [1.807, 2.05) is 19.1 Å². The Hall–Kier alpha value is -2.70. The fourth-order valence-electron chi connectivity index (χ4n) is 4.16. The molecule has 170 valence electrons. The molecule has 1 saturated carbocycles. The molecule has 1 aromatic rings. The van der Waals surface area contributed by atoms with Crippen molar-refractivity contribution in [3.63, 3.8) is 0 Å². The number of urea groups is 1. The average Bonchev–Trinajstić information content (AvgIpc) is 2.73. The van der Waals surface area contributed by atoms with E-state index in [4.69, 9.17) is 14.2 Å². The van der Waals surface area contributed by atoms with Gasteiger partial charge in [-0.25, -0.2) is 9.59 Å². The predicted molar refractivity (Wildman–Crippen MR) is 118 cm³/mol. The van der Waals surface area contributed by atoms with Crippen molar-refractivity contribution in [1.82, 2.24) is 10.6 Å². The Morgan fingerprint density at radius 2 is 1.81 bits per heavy atom. The van der Waals surface area contributed by atoms with Gasteiger partial charge in [0, 0.05) is 5.70 Å². The highest BCUT2D eigenvalue weighted by molar-refractivity contribution is 5.95. The third-order valence-electron chi connectivity index (χ3n) is 5.80. The second kappa shape index (κ2) is 11.1. The number of esters is 1. The van der Waals surface area contributed by atoms with Crippen molar-refractivity contribution in [2.24, 2.45) is 0 Å². The number of carbonyl (C=O) groups excluding carboxylic acids is 2. The van der Waals surface area contributed by atoms with Crippen molar-refractivity contribution < 1.29 is 23.8 Å². The fourth-order valence-corrected chi connectivity index (χ4v) is 4.16. The zero-order valence-corrected chi connectivity index (χ0v) is 18.8. The summed E-state index contributed by atoms with van der Waals surface area (Å²) in [5, 5.41) is 5.57. The number of nitrogens with one attached hydrogen (secondary N) is 2. The zero-order valence-electron chi connectivity index (χ0n) is 18.8. The molecule has 3 rings (SSSR count). The van der Waals surface area contributed by atoms with Crippen molar-refractivity contribution in [2.45, 2.75) is 77.4 Å². The Balaban J connectivity index is 1.84. The second-order valence-corrected chi connectivity index (χ2v) is 8.20. The first-order valence-electron chi connectivity index (χ1n) is 11.3. The van der Waals surface area contributed by atoms with E-state index in [1.165, 1.54) is 19.3 Å². The quantitative estimate of drug-likeness (QED) is 0.609. The van der Waals surface area contributed by atoms with Crippen molar-refractivity contribution in [1.29, 1.82) is 0 Å². The Bertz CT molecular complexity index is 812. The van der Waals surface area contributed by atoms with Crippen molar-refractivity contribution >= 4 is 12.0 Å². The van der Waals surface area contributed by atoms with Crippen LogP contribution in [0, 0.1) is 0 Å². The molecule has 0 unspecified atom stereocenters. The molecule has 2 amide bonds. The smallest absolute Gasteiger partial charge is 0.338 e. The minimum atomic E-state index is -0.621. The van der Waals surface area contributed by atoms with Crippen LogP contribution in [0.3, 0.4) is 0 Å². The number of rotatable bonds is 7. The maximum atomic E-state index is 13.2. The van der Waals surface area contributed by atoms with Crippen LogP contribution < -0.4 is 20.1 Å². The molecule has 2 aliphatic rings. The minimum absolute atomic E-state index is 0.0780. The summed E-state index contributed by atoms with van der Waals surface area (Å²) in [6, 6.07) is 4.49. The topological polar surface area (TPSA) is 85.9 Å². The number of ether oxygens (including phenoxy) is 3. The second-order valence-electron chi connectivity index (χ2n) is 8.20. The maximum Gasteiger partial charge on any atom is 0.338 e. The summed E-state index contributed by atoms with van der Waals surface area (Å²) in [7, 11) is 1.57. The van der Waals surface area contributed by atoms with Gasteiger partial charge in [-0.1, -0.05) is 32.3 Å². The molecular weight excluding hydrogens is 396 g/mol. The number of carbonyl (C=O) groups is 2. The van der Waals surface area contributed by atoms with Crippen LogP contribution in [0.4, 0.5) is 4.79 Å². The summed E-state index contributed by atoms with van der Waals surface area (Å²) in [5.41, 5.74) is 1.67. The monoisotopic (exact) mass is 430 g/mol. The minimum Gasteiger partial charge on any atom is -0.493 e. The standard InChI is InChI=1S/C24H34N2O5/c1-4-14-30-19-13-12-17(15-20(19)29-3)22-21(16(2)25-24(28)26-22)23(27)31-18-10-8-6-5-7-9-11-18/h12-13,15,18,22H,4-11,14H2,1-3H3,(H2,25,26,28)/t22-/m0/s1. The van der Waals surface area contributed by atoms with E-state index < -0.39 is 6.04 Å². The number of benzene rings is 1. The van der Waals surface area contributed by atoms with Crippen LogP contribution >= 0.6 is 0 Å². The average molecular weight is 431 g/mol. The van der Waals surface area contributed by atoms with Gasteiger partial charge >= 0.3 is 12.0 Å². The van der Waals surface area contributed by atoms with Gasteiger partial charge in [0.1, 0.15) is 6.10 Å². The molecular formula is C24H34N2O5. The summed E-state index contributed by atoms with van der Waals surface area (Å²) in [5.74, 6) is 0.808. The van der Waals surface area contributed by atoms with Crippen LogP contribution in [-0.2, 0) is 9.53 Å². The molecule has 0 aromatic heterocycles. The number of methoxy groups -OCH3 is 1. The fraction of sp³-hybridized carbons (Fsp3) is 0.583. The normalized spacial score (nSPS) is 20.2. The van der Waals surface area contributed by atoms with Crippen molar-refractivity contribution in [3.8, 4) is 11.5 Å². The molecule has 1 aromatic carbocycles. The summed E-state index contributed by atoms with van der Waals surface area (Å²) in [6.07, 6.45) is 8.35. The number of hydrogen-bond acceptors (Lipinski definition) is 5. The molecule has 0 saturated heterocycles. The molecule has 7 nitrogen and oxygen atoms in total. The molecule has 1 fully saturated rings. The van der Waals surface area contributed by atoms with Crippen LogP contribution in [0.25, 0.3) is 0 Å². The molecule has 1 atom stereocenters. The molecule has 2 N–H and O–H groups in total. The number of allylic oxidation sites excluding steroid dienone is 1.